The molecule has 0 radical (unpaired) electrons. The van der Waals surface area contributed by atoms with E-state index in [1.165, 1.54) is 23.7 Å². The maximum absolute atomic E-state index is 12.2. The summed E-state index contributed by atoms with van der Waals surface area (Å²) in [5.74, 6) is 0.546. The summed E-state index contributed by atoms with van der Waals surface area (Å²) in [5, 5.41) is 0.824. The zero-order valence-electron chi connectivity index (χ0n) is 11.3. The number of aryl methyl sites for hydroxylation is 3. The first-order valence-electron chi connectivity index (χ1n) is 6.08. The van der Waals surface area contributed by atoms with E-state index < -0.39 is 0 Å². The van der Waals surface area contributed by atoms with Crippen LogP contribution in [0.5, 0.6) is 0 Å². The van der Waals surface area contributed by atoms with Crippen LogP contribution < -0.4 is 0 Å². The predicted molar refractivity (Wildman–Crippen MR) is 77.7 cm³/mol. The minimum Gasteiger partial charge on any atom is -0.293 e. The molecular formula is C15H16N2OS. The molecule has 0 fully saturated rings. The third-order valence-corrected chi connectivity index (χ3v) is 3.99. The minimum atomic E-state index is 0.143. The SMILES string of the molecule is Cc1cc(C)c(C(=O)CSc2ccncn2)cc1C. The van der Waals surface area contributed by atoms with Gasteiger partial charge in [0.2, 0.25) is 0 Å². The number of rotatable bonds is 4. The number of thioether (sulfide) groups is 1. The highest BCUT2D eigenvalue weighted by Crippen LogP contribution is 2.20. The van der Waals surface area contributed by atoms with E-state index in [1.807, 2.05) is 26.0 Å². The molecule has 0 bridgehead atoms. The van der Waals surface area contributed by atoms with E-state index in [-0.39, 0.29) is 5.78 Å². The molecule has 4 heteroatoms. The minimum absolute atomic E-state index is 0.143. The van der Waals surface area contributed by atoms with Crippen LogP contribution in [0, 0.1) is 20.8 Å². The molecule has 2 aromatic rings. The van der Waals surface area contributed by atoms with Crippen molar-refractivity contribution in [3.8, 4) is 0 Å². The smallest absolute Gasteiger partial charge is 0.173 e. The van der Waals surface area contributed by atoms with Gasteiger partial charge in [0, 0.05) is 11.8 Å². The molecule has 0 amide bonds. The predicted octanol–water partition coefficient (Wildman–Crippen LogP) is 3.38. The van der Waals surface area contributed by atoms with Crippen molar-refractivity contribution in [1.82, 2.24) is 9.97 Å². The molecule has 0 atom stereocenters. The van der Waals surface area contributed by atoms with Crippen LogP contribution in [0.2, 0.25) is 0 Å². The van der Waals surface area contributed by atoms with Gasteiger partial charge in [0.15, 0.2) is 5.78 Å². The van der Waals surface area contributed by atoms with Crippen molar-refractivity contribution in [1.29, 1.82) is 0 Å². The molecule has 1 aromatic carbocycles. The molecular weight excluding hydrogens is 256 g/mol. The number of nitrogens with zero attached hydrogens (tertiary/aromatic N) is 2. The Morgan fingerprint density at radius 3 is 2.58 bits per heavy atom. The number of ketones is 1. The molecule has 0 saturated heterocycles. The summed E-state index contributed by atoms with van der Waals surface area (Å²) >= 11 is 1.44. The van der Waals surface area contributed by atoms with Crippen LogP contribution in [0.3, 0.4) is 0 Å². The van der Waals surface area contributed by atoms with Crippen molar-refractivity contribution in [2.45, 2.75) is 25.8 Å². The topological polar surface area (TPSA) is 42.9 Å². The van der Waals surface area contributed by atoms with Crippen LogP contribution in [-0.2, 0) is 0 Å². The Balaban J connectivity index is 2.10. The van der Waals surface area contributed by atoms with E-state index in [2.05, 4.69) is 23.0 Å². The monoisotopic (exact) mass is 272 g/mol. The normalized spacial score (nSPS) is 10.5. The zero-order valence-corrected chi connectivity index (χ0v) is 12.1. The van der Waals surface area contributed by atoms with Gasteiger partial charge in [-0.25, -0.2) is 9.97 Å². The second-order valence-corrected chi connectivity index (χ2v) is 5.51. The van der Waals surface area contributed by atoms with Crippen LogP contribution in [0.25, 0.3) is 0 Å². The van der Waals surface area contributed by atoms with Gasteiger partial charge in [-0.05, 0) is 49.6 Å². The Kier molecular flexibility index (Phi) is 4.32. The van der Waals surface area contributed by atoms with Gasteiger partial charge in [0.1, 0.15) is 6.33 Å². The van der Waals surface area contributed by atoms with Gasteiger partial charge in [-0.3, -0.25) is 4.79 Å². The van der Waals surface area contributed by atoms with Gasteiger partial charge in [-0.15, -0.1) is 0 Å². The van der Waals surface area contributed by atoms with Crippen molar-refractivity contribution in [2.75, 3.05) is 5.75 Å². The molecule has 98 valence electrons. The van der Waals surface area contributed by atoms with Crippen LogP contribution in [0.4, 0.5) is 0 Å². The molecule has 0 unspecified atom stereocenters. The molecule has 1 heterocycles. The summed E-state index contributed by atoms with van der Waals surface area (Å²) in [6.45, 7) is 6.07. The molecule has 0 aliphatic rings. The second-order valence-electron chi connectivity index (χ2n) is 4.51. The van der Waals surface area contributed by atoms with Gasteiger partial charge < -0.3 is 0 Å². The number of hydrogen-bond donors (Lipinski definition) is 0. The van der Waals surface area contributed by atoms with Crippen LogP contribution in [0.1, 0.15) is 27.0 Å². The summed E-state index contributed by atoms with van der Waals surface area (Å²) in [4.78, 5) is 20.2. The third kappa shape index (κ3) is 3.41. The van der Waals surface area contributed by atoms with Gasteiger partial charge >= 0.3 is 0 Å². The molecule has 0 N–H and O–H groups in total. The van der Waals surface area contributed by atoms with Gasteiger partial charge in [0.05, 0.1) is 10.8 Å². The van der Waals surface area contributed by atoms with E-state index in [0.717, 1.165) is 21.7 Å². The lowest BCUT2D eigenvalue weighted by Crippen LogP contribution is -2.06. The largest absolute Gasteiger partial charge is 0.293 e. The lowest BCUT2D eigenvalue weighted by atomic mass is 9.99. The van der Waals surface area contributed by atoms with Crippen molar-refractivity contribution in [2.24, 2.45) is 0 Å². The van der Waals surface area contributed by atoms with Gasteiger partial charge in [-0.1, -0.05) is 17.8 Å². The number of benzene rings is 1. The fraction of sp³-hybridized carbons (Fsp3) is 0.267. The highest BCUT2D eigenvalue weighted by Gasteiger charge is 2.11. The highest BCUT2D eigenvalue weighted by atomic mass is 32.2. The van der Waals surface area contributed by atoms with Crippen LogP contribution >= 0.6 is 11.8 Å². The van der Waals surface area contributed by atoms with E-state index in [0.29, 0.717) is 5.75 Å². The maximum atomic E-state index is 12.2. The standard InChI is InChI=1S/C15H16N2OS/c1-10-6-12(3)13(7-11(10)2)14(18)8-19-15-4-5-16-9-17-15/h4-7,9H,8H2,1-3H3. The molecule has 2 rings (SSSR count). The third-order valence-electron chi connectivity index (χ3n) is 3.05. The average Bonchev–Trinajstić information content (AvgIpc) is 2.41. The van der Waals surface area contributed by atoms with Crippen LogP contribution in [-0.4, -0.2) is 21.5 Å². The summed E-state index contributed by atoms with van der Waals surface area (Å²) in [7, 11) is 0. The quantitative estimate of drug-likeness (QED) is 0.486. The van der Waals surface area contributed by atoms with E-state index in [1.54, 1.807) is 6.20 Å². The average molecular weight is 272 g/mol. The summed E-state index contributed by atoms with van der Waals surface area (Å²) in [5.41, 5.74) is 4.22. The fourth-order valence-electron chi connectivity index (χ4n) is 1.84. The Morgan fingerprint density at radius 2 is 1.89 bits per heavy atom. The summed E-state index contributed by atoms with van der Waals surface area (Å²) in [6.07, 6.45) is 3.18. The number of carbonyl (C=O) groups is 1. The van der Waals surface area contributed by atoms with Crippen LogP contribution in [0.15, 0.2) is 35.7 Å². The van der Waals surface area contributed by atoms with E-state index in [9.17, 15) is 4.79 Å². The molecule has 0 spiro atoms. The molecule has 0 saturated carbocycles. The molecule has 1 aromatic heterocycles. The number of carbonyl (C=O) groups excluding carboxylic acids is 1. The highest BCUT2D eigenvalue weighted by molar-refractivity contribution is 7.99. The van der Waals surface area contributed by atoms with Crippen molar-refractivity contribution < 1.29 is 4.79 Å². The molecule has 19 heavy (non-hydrogen) atoms. The lowest BCUT2D eigenvalue weighted by Gasteiger charge is -2.08. The second kappa shape index (κ2) is 5.97. The van der Waals surface area contributed by atoms with Crippen molar-refractivity contribution in [3.63, 3.8) is 0 Å². The number of aromatic nitrogens is 2. The first kappa shape index (κ1) is 13.7. The summed E-state index contributed by atoms with van der Waals surface area (Å²) in [6, 6.07) is 5.86. The molecule has 0 aliphatic heterocycles. The fourth-order valence-corrected chi connectivity index (χ4v) is 2.56. The number of hydrogen-bond acceptors (Lipinski definition) is 4. The van der Waals surface area contributed by atoms with E-state index in [4.69, 9.17) is 0 Å². The van der Waals surface area contributed by atoms with Crippen molar-refractivity contribution in [3.05, 3.63) is 53.0 Å². The first-order chi connectivity index (χ1) is 9.08. The van der Waals surface area contributed by atoms with Gasteiger partial charge in [0.25, 0.3) is 0 Å². The Labute approximate surface area is 117 Å². The lowest BCUT2D eigenvalue weighted by molar-refractivity contribution is 0.102. The Hall–Kier alpha value is -1.68. The first-order valence-corrected chi connectivity index (χ1v) is 7.06. The molecule has 3 nitrogen and oxygen atoms in total. The zero-order chi connectivity index (χ0) is 13.8. The number of Topliss-reactive ketones (excluding diaryl/α,β-unsaturated/α-hetero) is 1. The molecule has 0 aliphatic carbocycles. The van der Waals surface area contributed by atoms with E-state index >= 15 is 0 Å². The maximum Gasteiger partial charge on any atom is 0.173 e. The summed E-state index contributed by atoms with van der Waals surface area (Å²) < 4.78 is 0. The van der Waals surface area contributed by atoms with Crippen molar-refractivity contribution >= 4 is 17.5 Å². The Bertz CT molecular complexity index is 597. The Morgan fingerprint density at radius 1 is 1.16 bits per heavy atom. The van der Waals surface area contributed by atoms with Gasteiger partial charge in [-0.2, -0.15) is 0 Å².